The van der Waals surface area contributed by atoms with E-state index in [0.29, 0.717) is 12.2 Å². The fourth-order valence-corrected chi connectivity index (χ4v) is 4.43. The van der Waals surface area contributed by atoms with Crippen molar-refractivity contribution in [1.82, 2.24) is 10.0 Å². The number of rotatable bonds is 10. The number of methoxy groups -OCH3 is 2. The van der Waals surface area contributed by atoms with Crippen LogP contribution < -0.4 is 19.5 Å². The lowest BCUT2D eigenvalue weighted by molar-refractivity contribution is 0.0950. The molecule has 3 rings (SSSR count). The Morgan fingerprint density at radius 1 is 0.875 bits per heavy atom. The van der Waals surface area contributed by atoms with Gasteiger partial charge in [0.2, 0.25) is 10.0 Å². The second-order valence-electron chi connectivity index (χ2n) is 6.99. The molecule has 0 aliphatic carbocycles. The number of ether oxygens (including phenoxy) is 2. The van der Waals surface area contributed by atoms with Gasteiger partial charge in [0.25, 0.3) is 5.91 Å². The highest BCUT2D eigenvalue weighted by atomic mass is 32.2. The standard InChI is InChI=1S/C24H26N2O5S/c1-30-21-11-7-6-10-20(21)17-25-24(27)19-12-13-22(31-2)23(16-19)32(28,29)26-15-14-18-8-4-3-5-9-18/h3-13,16,26H,14-15,17H2,1-2H3,(H,25,27). The van der Waals surface area contributed by atoms with E-state index in [1.807, 2.05) is 48.5 Å². The molecule has 3 aromatic rings. The number of benzene rings is 3. The average molecular weight is 455 g/mol. The fourth-order valence-electron chi connectivity index (χ4n) is 3.21. The van der Waals surface area contributed by atoms with Crippen molar-refractivity contribution in [2.45, 2.75) is 17.9 Å². The monoisotopic (exact) mass is 454 g/mol. The Hall–Kier alpha value is -3.36. The second-order valence-corrected chi connectivity index (χ2v) is 8.73. The zero-order valence-electron chi connectivity index (χ0n) is 18.0. The Morgan fingerprint density at radius 3 is 2.28 bits per heavy atom. The Balaban J connectivity index is 1.73. The van der Waals surface area contributed by atoms with Gasteiger partial charge in [-0.1, -0.05) is 48.5 Å². The lowest BCUT2D eigenvalue weighted by Crippen LogP contribution is -2.27. The topological polar surface area (TPSA) is 93.7 Å². The van der Waals surface area contributed by atoms with Crippen LogP contribution in [0.3, 0.4) is 0 Å². The van der Waals surface area contributed by atoms with Crippen LogP contribution in [0.1, 0.15) is 21.5 Å². The predicted octanol–water partition coefficient (Wildman–Crippen LogP) is 3.15. The van der Waals surface area contributed by atoms with Crippen molar-refractivity contribution in [1.29, 1.82) is 0 Å². The second kappa shape index (κ2) is 10.8. The summed E-state index contributed by atoms with van der Waals surface area (Å²) in [5.41, 5.74) is 2.04. The van der Waals surface area contributed by atoms with E-state index in [-0.39, 0.29) is 29.3 Å². The summed E-state index contributed by atoms with van der Waals surface area (Å²) in [5, 5.41) is 2.80. The Morgan fingerprint density at radius 2 is 1.56 bits per heavy atom. The zero-order valence-corrected chi connectivity index (χ0v) is 18.8. The van der Waals surface area contributed by atoms with Gasteiger partial charge in [-0.2, -0.15) is 0 Å². The summed E-state index contributed by atoms with van der Waals surface area (Å²) in [6.07, 6.45) is 0.543. The molecule has 0 saturated carbocycles. The van der Waals surface area contributed by atoms with Crippen LogP contribution in [0.15, 0.2) is 77.7 Å². The average Bonchev–Trinajstić information content (AvgIpc) is 2.82. The van der Waals surface area contributed by atoms with Gasteiger partial charge in [0.1, 0.15) is 16.4 Å². The highest BCUT2D eigenvalue weighted by molar-refractivity contribution is 7.89. The minimum atomic E-state index is -3.88. The van der Waals surface area contributed by atoms with E-state index in [0.717, 1.165) is 11.1 Å². The molecular formula is C24H26N2O5S. The molecular weight excluding hydrogens is 428 g/mol. The van der Waals surface area contributed by atoms with Gasteiger partial charge in [0.15, 0.2) is 0 Å². The number of amides is 1. The van der Waals surface area contributed by atoms with Crippen LogP contribution in [0.4, 0.5) is 0 Å². The number of hydrogen-bond acceptors (Lipinski definition) is 5. The molecule has 0 aromatic heterocycles. The first-order valence-corrected chi connectivity index (χ1v) is 11.5. The maximum absolute atomic E-state index is 12.9. The quantitative estimate of drug-likeness (QED) is 0.491. The molecule has 0 spiro atoms. The lowest BCUT2D eigenvalue weighted by atomic mass is 10.1. The summed E-state index contributed by atoms with van der Waals surface area (Å²) in [6.45, 7) is 0.464. The van der Waals surface area contributed by atoms with Gasteiger partial charge in [-0.3, -0.25) is 4.79 Å². The SMILES string of the molecule is COc1ccccc1CNC(=O)c1ccc(OC)c(S(=O)(=O)NCCc2ccccc2)c1. The van der Waals surface area contributed by atoms with Gasteiger partial charge >= 0.3 is 0 Å². The molecule has 0 radical (unpaired) electrons. The van der Waals surface area contributed by atoms with Gasteiger partial charge in [-0.25, -0.2) is 13.1 Å². The highest BCUT2D eigenvalue weighted by Crippen LogP contribution is 2.25. The Kier molecular flexibility index (Phi) is 7.86. The first kappa shape index (κ1) is 23.3. The molecule has 1 amide bonds. The Labute approximate surface area is 188 Å². The summed E-state index contributed by atoms with van der Waals surface area (Å²) >= 11 is 0. The van der Waals surface area contributed by atoms with Gasteiger partial charge in [-0.05, 0) is 36.2 Å². The number of carbonyl (C=O) groups is 1. The number of sulfonamides is 1. The summed E-state index contributed by atoms with van der Waals surface area (Å²) in [7, 11) is -0.932. The van der Waals surface area contributed by atoms with Crippen LogP contribution in [0.5, 0.6) is 11.5 Å². The first-order chi connectivity index (χ1) is 15.4. The third-order valence-electron chi connectivity index (χ3n) is 4.90. The normalized spacial score (nSPS) is 11.1. The molecule has 0 unspecified atom stereocenters. The highest BCUT2D eigenvalue weighted by Gasteiger charge is 2.21. The van der Waals surface area contributed by atoms with Crippen molar-refractivity contribution >= 4 is 15.9 Å². The summed E-state index contributed by atoms with van der Waals surface area (Å²) in [4.78, 5) is 12.6. The van der Waals surface area contributed by atoms with E-state index in [4.69, 9.17) is 9.47 Å². The third kappa shape index (κ3) is 5.87. The maximum Gasteiger partial charge on any atom is 0.251 e. The number of hydrogen-bond donors (Lipinski definition) is 2. The summed E-state index contributed by atoms with van der Waals surface area (Å²) in [6, 6.07) is 21.2. The minimum absolute atomic E-state index is 0.0852. The van der Waals surface area contributed by atoms with Crippen molar-refractivity contribution in [3.05, 3.63) is 89.5 Å². The molecule has 168 valence electrons. The third-order valence-corrected chi connectivity index (χ3v) is 6.38. The van der Waals surface area contributed by atoms with E-state index in [2.05, 4.69) is 10.0 Å². The molecule has 0 saturated heterocycles. The van der Waals surface area contributed by atoms with Crippen LogP contribution >= 0.6 is 0 Å². The first-order valence-electron chi connectivity index (χ1n) is 10.1. The molecule has 32 heavy (non-hydrogen) atoms. The van der Waals surface area contributed by atoms with Crippen LogP contribution in [0.25, 0.3) is 0 Å². The van der Waals surface area contributed by atoms with E-state index >= 15 is 0 Å². The molecule has 0 aliphatic heterocycles. The number of nitrogens with one attached hydrogen (secondary N) is 2. The molecule has 0 fully saturated rings. The molecule has 2 N–H and O–H groups in total. The van der Waals surface area contributed by atoms with E-state index < -0.39 is 15.9 Å². The largest absolute Gasteiger partial charge is 0.496 e. The van der Waals surface area contributed by atoms with Gasteiger partial charge < -0.3 is 14.8 Å². The van der Waals surface area contributed by atoms with E-state index in [1.54, 1.807) is 13.2 Å². The zero-order chi connectivity index (χ0) is 23.0. The molecule has 0 bridgehead atoms. The van der Waals surface area contributed by atoms with Crippen molar-refractivity contribution in [3.63, 3.8) is 0 Å². The summed E-state index contributed by atoms with van der Waals surface area (Å²) in [5.74, 6) is 0.422. The molecule has 0 heterocycles. The summed E-state index contributed by atoms with van der Waals surface area (Å²) < 4.78 is 38.9. The van der Waals surface area contributed by atoms with Crippen LogP contribution in [-0.4, -0.2) is 35.1 Å². The van der Waals surface area contributed by atoms with Gasteiger partial charge in [0.05, 0.1) is 14.2 Å². The molecule has 8 heteroatoms. The van der Waals surface area contributed by atoms with Crippen LogP contribution in [-0.2, 0) is 23.0 Å². The molecule has 0 atom stereocenters. The molecule has 7 nitrogen and oxygen atoms in total. The predicted molar refractivity (Wildman–Crippen MR) is 122 cm³/mol. The van der Waals surface area contributed by atoms with E-state index in [9.17, 15) is 13.2 Å². The van der Waals surface area contributed by atoms with E-state index in [1.165, 1.54) is 25.3 Å². The maximum atomic E-state index is 12.9. The molecule has 3 aromatic carbocycles. The van der Waals surface area contributed by atoms with Gasteiger partial charge in [0, 0.05) is 24.2 Å². The molecule has 0 aliphatic rings. The number of para-hydroxylation sites is 1. The van der Waals surface area contributed by atoms with Crippen LogP contribution in [0, 0.1) is 0 Å². The van der Waals surface area contributed by atoms with Crippen molar-refractivity contribution in [3.8, 4) is 11.5 Å². The smallest absolute Gasteiger partial charge is 0.251 e. The van der Waals surface area contributed by atoms with Crippen molar-refractivity contribution in [2.75, 3.05) is 20.8 Å². The fraction of sp³-hybridized carbons (Fsp3) is 0.208. The van der Waals surface area contributed by atoms with Crippen LogP contribution in [0.2, 0.25) is 0 Å². The Bertz CT molecular complexity index is 1160. The van der Waals surface area contributed by atoms with Crippen molar-refractivity contribution < 1.29 is 22.7 Å². The number of carbonyl (C=O) groups excluding carboxylic acids is 1. The lowest BCUT2D eigenvalue weighted by Gasteiger charge is -2.13. The van der Waals surface area contributed by atoms with Gasteiger partial charge in [-0.15, -0.1) is 0 Å². The minimum Gasteiger partial charge on any atom is -0.496 e. The van der Waals surface area contributed by atoms with Crippen molar-refractivity contribution in [2.24, 2.45) is 0 Å².